The van der Waals surface area contributed by atoms with Gasteiger partial charge in [0.1, 0.15) is 0 Å². The molecule has 0 atom stereocenters. The molecule has 92 valence electrons. The molecule has 1 aromatic rings. The van der Waals surface area contributed by atoms with E-state index in [1.165, 1.54) is 22.0 Å². The Morgan fingerprint density at radius 2 is 2.19 bits per heavy atom. The largest absolute Gasteiger partial charge is 0.383 e. The number of aryl methyl sites for hydroxylation is 2. The van der Waals surface area contributed by atoms with Crippen LogP contribution in [0.15, 0.2) is 0 Å². The summed E-state index contributed by atoms with van der Waals surface area (Å²) >= 11 is 1.85. The lowest BCUT2D eigenvalue weighted by atomic mass is 10.3. The van der Waals surface area contributed by atoms with E-state index in [0.717, 1.165) is 32.5 Å². The highest BCUT2D eigenvalue weighted by Gasteiger charge is 2.08. The van der Waals surface area contributed by atoms with Crippen LogP contribution >= 0.6 is 11.3 Å². The van der Waals surface area contributed by atoms with Gasteiger partial charge in [-0.15, -0.1) is 11.3 Å². The minimum atomic E-state index is 0.766. The van der Waals surface area contributed by atoms with Crippen molar-refractivity contribution >= 4 is 11.3 Å². The van der Waals surface area contributed by atoms with Crippen molar-refractivity contribution in [3.8, 4) is 0 Å². The molecular weight excluding hydrogens is 220 g/mol. The summed E-state index contributed by atoms with van der Waals surface area (Å²) in [6.45, 7) is 6.96. The molecule has 3 nitrogen and oxygen atoms in total. The second kappa shape index (κ2) is 7.76. The Balaban J connectivity index is 2.49. The van der Waals surface area contributed by atoms with E-state index in [1.54, 1.807) is 7.11 Å². The Morgan fingerprint density at radius 3 is 2.81 bits per heavy atom. The van der Waals surface area contributed by atoms with Crippen molar-refractivity contribution in [2.75, 3.05) is 20.3 Å². The molecule has 0 radical (unpaired) electrons. The van der Waals surface area contributed by atoms with Gasteiger partial charge in [0.15, 0.2) is 0 Å². The lowest BCUT2D eigenvalue weighted by Gasteiger charge is -2.02. The summed E-state index contributed by atoms with van der Waals surface area (Å²) in [7, 11) is 1.73. The number of ether oxygens (including phenoxy) is 1. The van der Waals surface area contributed by atoms with E-state index >= 15 is 0 Å². The topological polar surface area (TPSA) is 34.2 Å². The minimum absolute atomic E-state index is 0.766. The molecule has 16 heavy (non-hydrogen) atoms. The van der Waals surface area contributed by atoms with Crippen LogP contribution in [-0.4, -0.2) is 25.2 Å². The van der Waals surface area contributed by atoms with Gasteiger partial charge in [-0.05, 0) is 19.3 Å². The van der Waals surface area contributed by atoms with Gasteiger partial charge in [0.2, 0.25) is 0 Å². The number of rotatable bonds is 8. The van der Waals surface area contributed by atoms with E-state index in [1.807, 2.05) is 11.3 Å². The summed E-state index contributed by atoms with van der Waals surface area (Å²) < 4.78 is 5.01. The Bertz CT molecular complexity index is 299. The monoisotopic (exact) mass is 242 g/mol. The highest BCUT2D eigenvalue weighted by molar-refractivity contribution is 7.11. The molecule has 0 fully saturated rings. The van der Waals surface area contributed by atoms with E-state index in [-0.39, 0.29) is 0 Å². The fraction of sp³-hybridized carbons (Fsp3) is 0.750. The Hall–Kier alpha value is -0.450. The van der Waals surface area contributed by atoms with Crippen molar-refractivity contribution in [3.05, 3.63) is 15.6 Å². The Morgan fingerprint density at radius 1 is 1.38 bits per heavy atom. The summed E-state index contributed by atoms with van der Waals surface area (Å²) in [6, 6.07) is 0. The molecular formula is C12H22N2OS. The third kappa shape index (κ3) is 4.20. The van der Waals surface area contributed by atoms with Crippen LogP contribution in [0.25, 0.3) is 0 Å². The molecule has 0 saturated carbocycles. The van der Waals surface area contributed by atoms with Crippen molar-refractivity contribution in [1.82, 2.24) is 10.3 Å². The molecule has 4 heteroatoms. The maximum atomic E-state index is 5.01. The van der Waals surface area contributed by atoms with E-state index in [2.05, 4.69) is 24.1 Å². The van der Waals surface area contributed by atoms with Gasteiger partial charge in [0.05, 0.1) is 17.3 Å². The van der Waals surface area contributed by atoms with E-state index in [0.29, 0.717) is 0 Å². The second-order valence-corrected chi connectivity index (χ2v) is 4.92. The number of aromatic nitrogens is 1. The third-order valence-electron chi connectivity index (χ3n) is 2.39. The highest BCUT2D eigenvalue weighted by Crippen LogP contribution is 2.20. The van der Waals surface area contributed by atoms with Crippen molar-refractivity contribution in [1.29, 1.82) is 0 Å². The first-order valence-electron chi connectivity index (χ1n) is 5.98. The third-order valence-corrected chi connectivity index (χ3v) is 3.55. The number of hydrogen-bond donors (Lipinski definition) is 1. The molecule has 0 aromatic carbocycles. The molecule has 0 amide bonds. The van der Waals surface area contributed by atoms with Gasteiger partial charge in [0.25, 0.3) is 0 Å². The number of methoxy groups -OCH3 is 1. The normalized spacial score (nSPS) is 10.9. The molecule has 0 aliphatic heterocycles. The fourth-order valence-electron chi connectivity index (χ4n) is 1.55. The SMILES string of the molecule is CCCc1nc(CC)c(CNCCOC)s1. The number of nitrogens with zero attached hydrogens (tertiary/aromatic N) is 1. The molecule has 1 rings (SSSR count). The van der Waals surface area contributed by atoms with Crippen molar-refractivity contribution in [3.63, 3.8) is 0 Å². The van der Waals surface area contributed by atoms with Gasteiger partial charge in [-0.3, -0.25) is 0 Å². The smallest absolute Gasteiger partial charge is 0.0931 e. The van der Waals surface area contributed by atoms with E-state index in [4.69, 9.17) is 4.74 Å². The molecule has 0 bridgehead atoms. The minimum Gasteiger partial charge on any atom is -0.383 e. The molecule has 0 spiro atoms. The summed E-state index contributed by atoms with van der Waals surface area (Å²) in [5.74, 6) is 0. The van der Waals surface area contributed by atoms with E-state index < -0.39 is 0 Å². The van der Waals surface area contributed by atoms with Crippen LogP contribution in [0, 0.1) is 0 Å². The molecule has 0 aliphatic rings. The van der Waals surface area contributed by atoms with Crippen molar-refractivity contribution in [2.45, 2.75) is 39.7 Å². The number of thiazole rings is 1. The van der Waals surface area contributed by atoms with Crippen molar-refractivity contribution in [2.24, 2.45) is 0 Å². The standard InChI is InChI=1S/C12H22N2OS/c1-4-6-12-14-10(5-2)11(16-12)9-13-7-8-15-3/h13H,4-9H2,1-3H3. The van der Waals surface area contributed by atoms with Gasteiger partial charge in [-0.25, -0.2) is 4.98 Å². The van der Waals surface area contributed by atoms with Gasteiger partial charge in [0, 0.05) is 25.1 Å². The summed E-state index contributed by atoms with van der Waals surface area (Å²) in [5, 5.41) is 4.66. The van der Waals surface area contributed by atoms with Crippen LogP contribution in [0.5, 0.6) is 0 Å². The van der Waals surface area contributed by atoms with Gasteiger partial charge >= 0.3 is 0 Å². The second-order valence-electron chi connectivity index (χ2n) is 3.75. The average Bonchev–Trinajstić information content (AvgIpc) is 2.67. The van der Waals surface area contributed by atoms with Crippen LogP contribution in [0.1, 0.15) is 35.8 Å². The predicted molar refractivity (Wildman–Crippen MR) is 69.1 cm³/mol. The maximum absolute atomic E-state index is 5.01. The summed E-state index contributed by atoms with van der Waals surface area (Å²) in [4.78, 5) is 6.06. The zero-order chi connectivity index (χ0) is 11.8. The van der Waals surface area contributed by atoms with Gasteiger partial charge < -0.3 is 10.1 Å². The quantitative estimate of drug-likeness (QED) is 0.711. The first-order valence-corrected chi connectivity index (χ1v) is 6.80. The van der Waals surface area contributed by atoms with E-state index in [9.17, 15) is 0 Å². The summed E-state index contributed by atoms with van der Waals surface area (Å²) in [5.41, 5.74) is 1.26. The highest BCUT2D eigenvalue weighted by atomic mass is 32.1. The molecule has 0 saturated heterocycles. The Kier molecular flexibility index (Phi) is 6.61. The first-order chi connectivity index (χ1) is 7.81. The first kappa shape index (κ1) is 13.6. The number of nitrogens with one attached hydrogen (secondary N) is 1. The van der Waals surface area contributed by atoms with Crippen LogP contribution in [0.3, 0.4) is 0 Å². The molecule has 1 heterocycles. The van der Waals surface area contributed by atoms with Crippen LogP contribution < -0.4 is 5.32 Å². The fourth-order valence-corrected chi connectivity index (χ4v) is 2.78. The predicted octanol–water partition coefficient (Wildman–Crippen LogP) is 2.39. The van der Waals surface area contributed by atoms with Crippen LogP contribution in [0.4, 0.5) is 0 Å². The lowest BCUT2D eigenvalue weighted by Crippen LogP contribution is -2.18. The zero-order valence-electron chi connectivity index (χ0n) is 10.5. The van der Waals surface area contributed by atoms with Gasteiger partial charge in [-0.2, -0.15) is 0 Å². The average molecular weight is 242 g/mol. The molecule has 0 aliphatic carbocycles. The number of hydrogen-bond acceptors (Lipinski definition) is 4. The van der Waals surface area contributed by atoms with Crippen molar-refractivity contribution < 1.29 is 4.74 Å². The summed E-state index contributed by atoms with van der Waals surface area (Å²) in [6.07, 6.45) is 3.31. The maximum Gasteiger partial charge on any atom is 0.0931 e. The van der Waals surface area contributed by atoms with Crippen LogP contribution in [-0.2, 0) is 24.1 Å². The van der Waals surface area contributed by atoms with Crippen LogP contribution in [0.2, 0.25) is 0 Å². The molecule has 0 unspecified atom stereocenters. The lowest BCUT2D eigenvalue weighted by molar-refractivity contribution is 0.199. The van der Waals surface area contributed by atoms with Gasteiger partial charge in [-0.1, -0.05) is 13.8 Å². The Labute approximate surface area is 102 Å². The molecule has 1 aromatic heterocycles. The molecule has 1 N–H and O–H groups in total. The zero-order valence-corrected chi connectivity index (χ0v) is 11.3.